The Bertz CT molecular complexity index is 728. The van der Waals surface area contributed by atoms with E-state index in [9.17, 15) is 9.59 Å². The molecule has 4 heteroatoms. The van der Waals surface area contributed by atoms with E-state index >= 15 is 0 Å². The van der Waals surface area contributed by atoms with E-state index in [2.05, 4.69) is 0 Å². The van der Waals surface area contributed by atoms with Gasteiger partial charge in [0.05, 0.1) is 0 Å². The molecule has 2 aromatic rings. The largest absolute Gasteiger partial charge is 0.480 e. The topological polar surface area (TPSA) is 43.4 Å². The van der Waals surface area contributed by atoms with Gasteiger partial charge in [0, 0.05) is 22.1 Å². The van der Waals surface area contributed by atoms with Crippen LogP contribution in [0.1, 0.15) is 43.6 Å². The number of ketones is 2. The van der Waals surface area contributed by atoms with E-state index in [0.29, 0.717) is 21.9 Å². The number of rotatable bonds is 6. The quantitative estimate of drug-likeness (QED) is 0.696. The van der Waals surface area contributed by atoms with Gasteiger partial charge in [0.1, 0.15) is 5.75 Å². The van der Waals surface area contributed by atoms with Crippen molar-refractivity contribution in [1.29, 1.82) is 0 Å². The number of hydrogen-bond donors (Lipinski definition) is 0. The Labute approximate surface area is 147 Å². The van der Waals surface area contributed by atoms with Crippen LogP contribution in [0, 0.1) is 5.92 Å². The summed E-state index contributed by atoms with van der Waals surface area (Å²) in [5.41, 5.74) is 0.219. The number of carbonyl (C=O) groups is 2. The fraction of sp³-hybridized carbons (Fsp3) is 0.300. The van der Waals surface area contributed by atoms with Crippen LogP contribution in [-0.2, 0) is 4.79 Å². The van der Waals surface area contributed by atoms with Crippen LogP contribution in [0.25, 0.3) is 0 Å². The molecule has 0 saturated heterocycles. The minimum atomic E-state index is -0.907. The molecule has 2 rings (SSSR count). The van der Waals surface area contributed by atoms with Crippen LogP contribution in [0.3, 0.4) is 0 Å². The maximum Gasteiger partial charge on any atom is 0.193 e. The van der Waals surface area contributed by atoms with Crippen LogP contribution in [0.4, 0.5) is 0 Å². The average Bonchev–Trinajstić information content (AvgIpc) is 2.54. The molecule has 126 valence electrons. The lowest BCUT2D eigenvalue weighted by atomic mass is 9.94. The number of benzene rings is 2. The SMILES string of the molecule is CC(C)C(=O)C(C)(C)Oc1ccc(C(=O)c2ccc(Cl)cc2)cc1. The van der Waals surface area contributed by atoms with E-state index in [-0.39, 0.29) is 17.5 Å². The van der Waals surface area contributed by atoms with Crippen LogP contribution >= 0.6 is 11.6 Å². The third kappa shape index (κ3) is 4.24. The monoisotopic (exact) mass is 344 g/mol. The Morgan fingerprint density at radius 2 is 1.38 bits per heavy atom. The molecular formula is C20H21ClO3. The van der Waals surface area contributed by atoms with Crippen molar-refractivity contribution in [2.45, 2.75) is 33.3 Å². The number of Topliss-reactive ketones (excluding diaryl/α,β-unsaturated/α-hetero) is 1. The van der Waals surface area contributed by atoms with Crippen LogP contribution < -0.4 is 4.74 Å². The molecule has 0 N–H and O–H groups in total. The standard InChI is InChI=1S/C20H21ClO3/c1-13(2)19(23)20(3,4)24-17-11-7-15(8-12-17)18(22)14-5-9-16(21)10-6-14/h5-13H,1-4H3. The molecule has 0 bridgehead atoms. The molecule has 0 aromatic heterocycles. The third-order valence-electron chi connectivity index (χ3n) is 3.71. The van der Waals surface area contributed by atoms with Crippen molar-refractivity contribution in [3.63, 3.8) is 0 Å². The first kappa shape index (κ1) is 18.2. The van der Waals surface area contributed by atoms with Gasteiger partial charge in [-0.25, -0.2) is 0 Å². The van der Waals surface area contributed by atoms with E-state index in [1.54, 1.807) is 62.4 Å². The van der Waals surface area contributed by atoms with E-state index in [4.69, 9.17) is 16.3 Å². The molecule has 0 saturated carbocycles. The summed E-state index contributed by atoms with van der Waals surface area (Å²) in [6.07, 6.45) is 0. The summed E-state index contributed by atoms with van der Waals surface area (Å²) in [6.45, 7) is 7.20. The van der Waals surface area contributed by atoms with Gasteiger partial charge in [0.25, 0.3) is 0 Å². The van der Waals surface area contributed by atoms with Crippen molar-refractivity contribution < 1.29 is 14.3 Å². The summed E-state index contributed by atoms with van der Waals surface area (Å²) in [5.74, 6) is 0.395. The van der Waals surface area contributed by atoms with Gasteiger partial charge < -0.3 is 4.74 Å². The molecule has 2 aromatic carbocycles. The Morgan fingerprint density at radius 3 is 1.83 bits per heavy atom. The average molecular weight is 345 g/mol. The lowest BCUT2D eigenvalue weighted by molar-refractivity contribution is -0.135. The zero-order valence-corrected chi connectivity index (χ0v) is 15.1. The highest BCUT2D eigenvalue weighted by molar-refractivity contribution is 6.30. The Morgan fingerprint density at radius 1 is 0.917 bits per heavy atom. The Balaban J connectivity index is 2.14. The van der Waals surface area contributed by atoms with Crippen LogP contribution in [-0.4, -0.2) is 17.2 Å². The molecule has 0 unspecified atom stereocenters. The molecule has 0 fully saturated rings. The molecule has 0 atom stereocenters. The maximum absolute atomic E-state index is 12.4. The van der Waals surface area contributed by atoms with Crippen molar-refractivity contribution in [3.8, 4) is 5.75 Å². The van der Waals surface area contributed by atoms with Crippen LogP contribution in [0.15, 0.2) is 48.5 Å². The fourth-order valence-electron chi connectivity index (χ4n) is 2.48. The van der Waals surface area contributed by atoms with Gasteiger partial charge >= 0.3 is 0 Å². The molecule has 0 amide bonds. The first-order valence-electron chi connectivity index (χ1n) is 7.84. The Hall–Kier alpha value is -2.13. The summed E-state index contributed by atoms with van der Waals surface area (Å²) in [7, 11) is 0. The second-order valence-electron chi connectivity index (χ2n) is 6.49. The fourth-order valence-corrected chi connectivity index (χ4v) is 2.61. The molecule has 3 nitrogen and oxygen atoms in total. The minimum absolute atomic E-state index is 0.0313. The lowest BCUT2D eigenvalue weighted by Gasteiger charge is -2.26. The van der Waals surface area contributed by atoms with Crippen molar-refractivity contribution >= 4 is 23.2 Å². The van der Waals surface area contributed by atoms with Crippen molar-refractivity contribution in [2.24, 2.45) is 5.92 Å². The highest BCUT2D eigenvalue weighted by atomic mass is 35.5. The van der Waals surface area contributed by atoms with Gasteiger partial charge in [-0.1, -0.05) is 25.4 Å². The van der Waals surface area contributed by atoms with Gasteiger partial charge in [0.15, 0.2) is 17.2 Å². The van der Waals surface area contributed by atoms with Gasteiger partial charge in [-0.15, -0.1) is 0 Å². The summed E-state index contributed by atoms with van der Waals surface area (Å²) in [6, 6.07) is 13.6. The van der Waals surface area contributed by atoms with E-state index in [1.807, 2.05) is 13.8 Å². The first-order chi connectivity index (χ1) is 11.2. The zero-order chi connectivity index (χ0) is 17.9. The third-order valence-corrected chi connectivity index (χ3v) is 3.97. The second kappa shape index (κ2) is 7.18. The van der Waals surface area contributed by atoms with Gasteiger partial charge in [0.2, 0.25) is 0 Å². The van der Waals surface area contributed by atoms with Crippen LogP contribution in [0.5, 0.6) is 5.75 Å². The first-order valence-corrected chi connectivity index (χ1v) is 8.22. The summed E-state index contributed by atoms with van der Waals surface area (Å²) in [4.78, 5) is 24.6. The molecule has 0 aliphatic carbocycles. The number of carbonyl (C=O) groups excluding carboxylic acids is 2. The molecule has 0 heterocycles. The number of ether oxygens (including phenoxy) is 1. The maximum atomic E-state index is 12.4. The zero-order valence-electron chi connectivity index (χ0n) is 14.3. The Kier molecular flexibility index (Phi) is 5.45. The van der Waals surface area contributed by atoms with E-state index in [0.717, 1.165) is 0 Å². The summed E-state index contributed by atoms with van der Waals surface area (Å²) in [5, 5.41) is 0.590. The van der Waals surface area contributed by atoms with E-state index < -0.39 is 5.60 Å². The molecule has 0 radical (unpaired) electrons. The molecule has 24 heavy (non-hydrogen) atoms. The molecule has 0 aliphatic rings. The summed E-state index contributed by atoms with van der Waals surface area (Å²) < 4.78 is 5.80. The number of halogens is 1. The predicted octanol–water partition coefficient (Wildman–Crippen LogP) is 4.95. The summed E-state index contributed by atoms with van der Waals surface area (Å²) >= 11 is 5.84. The smallest absolute Gasteiger partial charge is 0.193 e. The van der Waals surface area contributed by atoms with Gasteiger partial charge in [-0.2, -0.15) is 0 Å². The minimum Gasteiger partial charge on any atom is -0.480 e. The lowest BCUT2D eigenvalue weighted by Crippen LogP contribution is -2.40. The number of hydrogen-bond acceptors (Lipinski definition) is 3. The van der Waals surface area contributed by atoms with Crippen molar-refractivity contribution in [2.75, 3.05) is 0 Å². The molecule has 0 spiro atoms. The van der Waals surface area contributed by atoms with E-state index in [1.165, 1.54) is 0 Å². The van der Waals surface area contributed by atoms with Gasteiger partial charge in [-0.05, 0) is 62.4 Å². The highest BCUT2D eigenvalue weighted by Gasteiger charge is 2.31. The predicted molar refractivity (Wildman–Crippen MR) is 95.9 cm³/mol. The molecule has 0 aliphatic heterocycles. The molecular weight excluding hydrogens is 324 g/mol. The van der Waals surface area contributed by atoms with Gasteiger partial charge in [-0.3, -0.25) is 9.59 Å². The van der Waals surface area contributed by atoms with Crippen molar-refractivity contribution in [3.05, 3.63) is 64.7 Å². The normalized spacial score (nSPS) is 11.4. The van der Waals surface area contributed by atoms with Crippen molar-refractivity contribution in [1.82, 2.24) is 0 Å². The van der Waals surface area contributed by atoms with Crippen LogP contribution in [0.2, 0.25) is 5.02 Å². The highest BCUT2D eigenvalue weighted by Crippen LogP contribution is 2.23. The second-order valence-corrected chi connectivity index (χ2v) is 6.93.